The van der Waals surface area contributed by atoms with Crippen LogP contribution in [-0.4, -0.2) is 44.9 Å². The molecule has 0 aliphatic carbocycles. The Bertz CT molecular complexity index is 2030. The fraction of sp³-hybridized carbons (Fsp3) is 0.161. The molecule has 44 heavy (non-hydrogen) atoms. The second-order valence-electron chi connectivity index (χ2n) is 9.18. The molecule has 6 aromatic rings. The number of aryl methyl sites for hydroxylation is 2. The molecule has 4 heterocycles. The van der Waals surface area contributed by atoms with E-state index in [4.69, 9.17) is 5.73 Å². The van der Waals surface area contributed by atoms with Crippen LogP contribution in [0.3, 0.4) is 0 Å². The van der Waals surface area contributed by atoms with Crippen molar-refractivity contribution in [2.75, 3.05) is 5.73 Å². The molecule has 0 aliphatic rings. The van der Waals surface area contributed by atoms with Gasteiger partial charge >= 0.3 is 0 Å². The number of hydrogen-bond donors (Lipinski definition) is 1. The molecule has 6 rings (SSSR count). The van der Waals surface area contributed by atoms with Gasteiger partial charge in [0.2, 0.25) is 0 Å². The average molecular weight is 589 g/mol. The maximum atomic E-state index is 12.5. The van der Waals surface area contributed by atoms with Gasteiger partial charge in [0.05, 0.1) is 29.4 Å². The molecule has 218 valence electrons. The van der Waals surface area contributed by atoms with E-state index >= 15 is 0 Å². The quantitative estimate of drug-likeness (QED) is 0.128. The molecule has 12 nitrogen and oxygen atoms in total. The smallest absolute Gasteiger partial charge is 0.299 e. The molecule has 0 aliphatic heterocycles. The second kappa shape index (κ2) is 14.1. The summed E-state index contributed by atoms with van der Waals surface area (Å²) in [5, 5.41) is 28.0. The number of pyridine rings is 2. The summed E-state index contributed by atoms with van der Waals surface area (Å²) >= 11 is 0. The van der Waals surface area contributed by atoms with Crippen molar-refractivity contribution in [2.45, 2.75) is 32.6 Å². The molecule has 0 amide bonds. The van der Waals surface area contributed by atoms with Gasteiger partial charge in [0.25, 0.3) is 5.69 Å². The summed E-state index contributed by atoms with van der Waals surface area (Å²) in [7, 11) is 0. The highest BCUT2D eigenvalue weighted by Crippen LogP contribution is 2.21. The van der Waals surface area contributed by atoms with Crippen LogP contribution >= 0.6 is 0 Å². The summed E-state index contributed by atoms with van der Waals surface area (Å²) in [5.41, 5.74) is 10.3. The van der Waals surface area contributed by atoms with E-state index in [-0.39, 0.29) is 11.2 Å². The molecule has 2 aromatic carbocycles. The van der Waals surface area contributed by atoms with Gasteiger partial charge in [-0.15, -0.1) is 5.10 Å². The first-order chi connectivity index (χ1) is 21.5. The van der Waals surface area contributed by atoms with E-state index in [1.807, 2.05) is 36.4 Å². The molecule has 0 radical (unpaired) electrons. The number of aromatic nitrogens is 8. The van der Waals surface area contributed by atoms with Gasteiger partial charge in [-0.2, -0.15) is 24.9 Å². The highest BCUT2D eigenvalue weighted by molar-refractivity contribution is 5.85. The SMILES string of the molecule is Nc1cccc2nn(CCC#Cc3ccccn3)nc12.O=[N+]([O-])c1cccc2nn(CCC#Cc3cccc(CF)n3)nc12. The van der Waals surface area contributed by atoms with Gasteiger partial charge in [-0.3, -0.25) is 10.1 Å². The lowest BCUT2D eigenvalue weighted by Gasteiger charge is -1.94. The summed E-state index contributed by atoms with van der Waals surface area (Å²) < 4.78 is 12.5. The number of alkyl halides is 1. The predicted molar refractivity (Wildman–Crippen MR) is 162 cm³/mol. The minimum atomic E-state index is -0.627. The largest absolute Gasteiger partial charge is 0.397 e. The van der Waals surface area contributed by atoms with Crippen LogP contribution in [0.1, 0.15) is 29.9 Å². The minimum Gasteiger partial charge on any atom is -0.397 e. The average Bonchev–Trinajstić information content (AvgIpc) is 3.67. The number of nitro groups is 1. The zero-order chi connectivity index (χ0) is 30.7. The Labute approximate surface area is 250 Å². The molecule has 13 heteroatoms. The van der Waals surface area contributed by atoms with Crippen LogP contribution in [0, 0.1) is 33.8 Å². The number of nitro benzene ring substituents is 1. The first kappa shape index (κ1) is 29.3. The summed E-state index contributed by atoms with van der Waals surface area (Å²) in [6.45, 7) is 0.397. The Balaban J connectivity index is 0.000000177. The third-order valence-corrected chi connectivity index (χ3v) is 6.03. The Morgan fingerprint density at radius 1 is 0.773 bits per heavy atom. The van der Waals surface area contributed by atoms with E-state index in [9.17, 15) is 14.5 Å². The fourth-order valence-electron chi connectivity index (χ4n) is 3.99. The normalized spacial score (nSPS) is 10.3. The first-order valence-corrected chi connectivity index (χ1v) is 13.5. The van der Waals surface area contributed by atoms with E-state index in [2.05, 4.69) is 54.0 Å². The summed E-state index contributed by atoms with van der Waals surface area (Å²) in [4.78, 5) is 21.7. The minimum absolute atomic E-state index is 0.0722. The summed E-state index contributed by atoms with van der Waals surface area (Å²) in [6, 6.07) is 20.9. The van der Waals surface area contributed by atoms with Crippen molar-refractivity contribution in [1.29, 1.82) is 0 Å². The lowest BCUT2D eigenvalue weighted by molar-refractivity contribution is -0.383. The number of benzene rings is 2. The molecular weight excluding hydrogens is 563 g/mol. The van der Waals surface area contributed by atoms with Gasteiger partial charge in [0, 0.05) is 25.1 Å². The zero-order valence-corrected chi connectivity index (χ0v) is 23.3. The molecule has 4 aromatic heterocycles. The topological polar surface area (TPSA) is 156 Å². The zero-order valence-electron chi connectivity index (χ0n) is 23.3. The van der Waals surface area contributed by atoms with E-state index in [1.54, 1.807) is 41.3 Å². The van der Waals surface area contributed by atoms with Crippen molar-refractivity contribution in [3.05, 3.63) is 106 Å². The van der Waals surface area contributed by atoms with Crippen molar-refractivity contribution < 1.29 is 9.31 Å². The molecule has 0 atom stereocenters. The molecule has 0 saturated carbocycles. The first-order valence-electron chi connectivity index (χ1n) is 13.5. The molecule has 0 spiro atoms. The number of rotatable bonds is 6. The lowest BCUT2D eigenvalue weighted by Crippen LogP contribution is -2.01. The van der Waals surface area contributed by atoms with Gasteiger partial charge in [-0.05, 0) is 54.3 Å². The van der Waals surface area contributed by atoms with Gasteiger partial charge in [-0.25, -0.2) is 14.4 Å². The third kappa shape index (κ3) is 7.54. The van der Waals surface area contributed by atoms with Crippen LogP contribution in [-0.2, 0) is 19.8 Å². The summed E-state index contributed by atoms with van der Waals surface area (Å²) in [5.74, 6) is 11.8. The number of fused-ring (bicyclic) bond motifs is 2. The van der Waals surface area contributed by atoms with Crippen LogP contribution in [0.2, 0.25) is 0 Å². The van der Waals surface area contributed by atoms with Crippen LogP contribution < -0.4 is 5.73 Å². The summed E-state index contributed by atoms with van der Waals surface area (Å²) in [6.07, 6.45) is 2.84. The van der Waals surface area contributed by atoms with Gasteiger partial charge in [-0.1, -0.05) is 36.1 Å². The lowest BCUT2D eigenvalue weighted by atomic mass is 10.3. The number of anilines is 1. The van der Waals surface area contributed by atoms with E-state index < -0.39 is 11.6 Å². The Kier molecular flexibility index (Phi) is 9.39. The number of nitrogens with two attached hydrogens (primary N) is 1. The molecule has 0 bridgehead atoms. The Morgan fingerprint density at radius 2 is 1.41 bits per heavy atom. The maximum Gasteiger partial charge on any atom is 0.299 e. The van der Waals surface area contributed by atoms with E-state index in [0.717, 1.165) is 16.7 Å². The third-order valence-electron chi connectivity index (χ3n) is 6.03. The monoisotopic (exact) mass is 588 g/mol. The van der Waals surface area contributed by atoms with Gasteiger partial charge in [0.15, 0.2) is 5.52 Å². The highest BCUT2D eigenvalue weighted by Gasteiger charge is 2.15. The Morgan fingerprint density at radius 3 is 2.07 bits per heavy atom. The van der Waals surface area contributed by atoms with Crippen LogP contribution in [0.5, 0.6) is 0 Å². The molecule has 2 N–H and O–H groups in total. The molecular formula is C31H25FN10O2. The van der Waals surface area contributed by atoms with E-state index in [1.165, 1.54) is 10.9 Å². The van der Waals surface area contributed by atoms with Crippen LogP contribution in [0.25, 0.3) is 22.1 Å². The molecule has 0 unspecified atom stereocenters. The molecule has 0 fully saturated rings. The number of nitrogens with zero attached hydrogens (tertiary/aromatic N) is 9. The van der Waals surface area contributed by atoms with Crippen LogP contribution in [0.15, 0.2) is 79.0 Å². The van der Waals surface area contributed by atoms with Crippen LogP contribution in [0.4, 0.5) is 15.8 Å². The standard InChI is InChI=1S/C16H12FN5O2.C15H13N5/c17-11-13-7-3-6-12(18-13)5-1-2-10-21-19-14-8-4-9-15(22(23)24)16(14)20-21;16-13-8-5-9-14-15(13)19-20(18-14)11-4-2-7-12-6-1-3-10-17-12/h3-4,6-9H,2,10-11H2;1,3,5-6,8-10H,4,11,16H2. The number of halogens is 1. The van der Waals surface area contributed by atoms with E-state index in [0.29, 0.717) is 48.5 Å². The van der Waals surface area contributed by atoms with Gasteiger partial charge < -0.3 is 5.73 Å². The van der Waals surface area contributed by atoms with Crippen molar-refractivity contribution in [3.63, 3.8) is 0 Å². The Hall–Kier alpha value is -6.21. The predicted octanol–water partition coefficient (Wildman–Crippen LogP) is 4.50. The maximum absolute atomic E-state index is 12.5. The number of non-ortho nitro benzene ring substituents is 1. The van der Waals surface area contributed by atoms with Crippen molar-refractivity contribution in [1.82, 2.24) is 40.0 Å². The van der Waals surface area contributed by atoms with Crippen molar-refractivity contribution in [2.24, 2.45) is 0 Å². The van der Waals surface area contributed by atoms with Crippen molar-refractivity contribution in [3.8, 4) is 23.7 Å². The second-order valence-corrected chi connectivity index (χ2v) is 9.18. The number of hydrogen-bond acceptors (Lipinski definition) is 9. The fourth-order valence-corrected chi connectivity index (χ4v) is 3.99. The number of nitrogen functional groups attached to an aromatic ring is 1. The molecule has 0 saturated heterocycles. The van der Waals surface area contributed by atoms with Gasteiger partial charge in [0.1, 0.15) is 34.6 Å². The highest BCUT2D eigenvalue weighted by atomic mass is 19.1. The van der Waals surface area contributed by atoms with Crippen molar-refractivity contribution >= 4 is 33.4 Å².